The zero-order chi connectivity index (χ0) is 16.4. The molecule has 1 heterocycles. The number of carbonyl (C=O) groups is 1. The number of allylic oxidation sites excluding steroid dienone is 1. The van der Waals surface area contributed by atoms with E-state index < -0.39 is 0 Å². The van der Waals surface area contributed by atoms with Gasteiger partial charge in [0.2, 0.25) is 0 Å². The fourth-order valence-corrected chi connectivity index (χ4v) is 3.55. The van der Waals surface area contributed by atoms with Crippen molar-refractivity contribution in [3.63, 3.8) is 0 Å². The van der Waals surface area contributed by atoms with Gasteiger partial charge in [-0.3, -0.25) is 4.79 Å². The van der Waals surface area contributed by atoms with E-state index in [2.05, 4.69) is 11.6 Å². The summed E-state index contributed by atoms with van der Waals surface area (Å²) < 4.78 is 16.0. The molecule has 3 nitrogen and oxygen atoms in total. The first-order valence-corrected chi connectivity index (χ1v) is 7.96. The van der Waals surface area contributed by atoms with Crippen LogP contribution >= 0.6 is 11.3 Å². The molecule has 0 fully saturated rings. The second-order valence-corrected chi connectivity index (χ2v) is 6.14. The Morgan fingerprint density at radius 1 is 1.30 bits per heavy atom. The summed E-state index contributed by atoms with van der Waals surface area (Å²) in [6.07, 6.45) is 1.78. The standard InChI is InChI=1S/C18H15FN2OS/c1-3-11-21-16-12(2)5-4-6-15(16)23-18(21)20-17(22)13-7-9-14(19)10-8-13/h3-10H,1,11H2,2H3. The molecular weight excluding hydrogens is 311 g/mol. The van der Waals surface area contributed by atoms with Gasteiger partial charge in [-0.05, 0) is 42.8 Å². The van der Waals surface area contributed by atoms with E-state index in [-0.39, 0.29) is 11.7 Å². The van der Waals surface area contributed by atoms with Gasteiger partial charge in [-0.25, -0.2) is 4.39 Å². The lowest BCUT2D eigenvalue weighted by molar-refractivity contribution is 0.0998. The summed E-state index contributed by atoms with van der Waals surface area (Å²) in [6.45, 7) is 6.37. The summed E-state index contributed by atoms with van der Waals surface area (Å²) in [6, 6.07) is 11.4. The highest BCUT2D eigenvalue weighted by atomic mass is 32.1. The number of carbonyl (C=O) groups excluding carboxylic acids is 1. The van der Waals surface area contributed by atoms with Crippen molar-refractivity contribution in [3.05, 3.63) is 76.9 Å². The highest BCUT2D eigenvalue weighted by Crippen LogP contribution is 2.21. The van der Waals surface area contributed by atoms with Crippen LogP contribution in [-0.2, 0) is 6.54 Å². The molecule has 3 aromatic rings. The summed E-state index contributed by atoms with van der Waals surface area (Å²) >= 11 is 1.46. The normalized spacial score (nSPS) is 11.8. The predicted octanol–water partition coefficient (Wildman–Crippen LogP) is 4.08. The summed E-state index contributed by atoms with van der Waals surface area (Å²) in [5.41, 5.74) is 2.55. The fourth-order valence-electron chi connectivity index (χ4n) is 2.43. The number of nitrogens with zero attached hydrogens (tertiary/aromatic N) is 2. The first-order chi connectivity index (χ1) is 11.1. The maximum absolute atomic E-state index is 13.0. The molecule has 1 amide bonds. The van der Waals surface area contributed by atoms with Gasteiger partial charge in [-0.2, -0.15) is 4.99 Å². The fraction of sp³-hybridized carbons (Fsp3) is 0.111. The molecule has 0 aliphatic carbocycles. The van der Waals surface area contributed by atoms with Crippen molar-refractivity contribution in [2.75, 3.05) is 0 Å². The molecular formula is C18H15FN2OS. The molecule has 0 aliphatic heterocycles. The number of fused-ring (bicyclic) bond motifs is 1. The summed E-state index contributed by atoms with van der Waals surface area (Å²) in [7, 11) is 0. The monoisotopic (exact) mass is 326 g/mol. The van der Waals surface area contributed by atoms with Gasteiger partial charge in [0, 0.05) is 12.1 Å². The van der Waals surface area contributed by atoms with Gasteiger partial charge in [-0.15, -0.1) is 6.58 Å². The number of benzene rings is 2. The molecule has 0 N–H and O–H groups in total. The van der Waals surface area contributed by atoms with E-state index in [9.17, 15) is 9.18 Å². The average molecular weight is 326 g/mol. The molecule has 0 saturated carbocycles. The number of amides is 1. The van der Waals surface area contributed by atoms with Crippen LogP contribution < -0.4 is 4.80 Å². The van der Waals surface area contributed by atoms with Crippen molar-refractivity contribution in [2.45, 2.75) is 13.5 Å². The lowest BCUT2D eigenvalue weighted by atomic mass is 10.2. The zero-order valence-corrected chi connectivity index (χ0v) is 13.4. The van der Waals surface area contributed by atoms with Gasteiger partial charge in [0.15, 0.2) is 4.80 Å². The van der Waals surface area contributed by atoms with E-state index in [1.165, 1.54) is 35.6 Å². The predicted molar refractivity (Wildman–Crippen MR) is 91.0 cm³/mol. The van der Waals surface area contributed by atoms with Crippen molar-refractivity contribution in [1.29, 1.82) is 0 Å². The quantitative estimate of drug-likeness (QED) is 0.668. The number of para-hydroxylation sites is 1. The van der Waals surface area contributed by atoms with Crippen LogP contribution in [0.5, 0.6) is 0 Å². The Hall–Kier alpha value is -2.53. The van der Waals surface area contributed by atoms with Crippen LogP contribution in [0.25, 0.3) is 10.2 Å². The number of thiazole rings is 1. The molecule has 0 aliphatic rings. The minimum atomic E-state index is -0.382. The van der Waals surface area contributed by atoms with Gasteiger partial charge in [0.25, 0.3) is 5.91 Å². The highest BCUT2D eigenvalue weighted by Gasteiger charge is 2.10. The molecule has 1 aromatic heterocycles. The minimum absolute atomic E-state index is 0.366. The van der Waals surface area contributed by atoms with Crippen molar-refractivity contribution in [1.82, 2.24) is 4.57 Å². The average Bonchev–Trinajstić information content (AvgIpc) is 2.87. The largest absolute Gasteiger partial charge is 0.312 e. The Morgan fingerprint density at radius 3 is 2.74 bits per heavy atom. The molecule has 23 heavy (non-hydrogen) atoms. The SMILES string of the molecule is C=CCn1c(=NC(=O)c2ccc(F)cc2)sc2cccc(C)c21. The molecule has 0 atom stereocenters. The first-order valence-electron chi connectivity index (χ1n) is 7.14. The molecule has 0 radical (unpaired) electrons. The number of aryl methyl sites for hydroxylation is 1. The number of hydrogen-bond acceptors (Lipinski definition) is 2. The molecule has 2 aromatic carbocycles. The Kier molecular flexibility index (Phi) is 4.21. The van der Waals surface area contributed by atoms with Crippen LogP contribution in [0.4, 0.5) is 4.39 Å². The van der Waals surface area contributed by atoms with Gasteiger partial charge in [-0.1, -0.05) is 29.5 Å². The summed E-state index contributed by atoms with van der Waals surface area (Å²) in [4.78, 5) is 17.2. The third-order valence-electron chi connectivity index (χ3n) is 3.50. The third-order valence-corrected chi connectivity index (χ3v) is 4.55. The molecule has 5 heteroatoms. The molecule has 0 saturated heterocycles. The van der Waals surface area contributed by atoms with Crippen molar-refractivity contribution in [2.24, 2.45) is 4.99 Å². The van der Waals surface area contributed by atoms with Gasteiger partial charge < -0.3 is 4.57 Å². The number of aromatic nitrogens is 1. The lowest BCUT2D eigenvalue weighted by Crippen LogP contribution is -2.16. The van der Waals surface area contributed by atoms with Gasteiger partial charge in [0.05, 0.1) is 10.2 Å². The Labute approximate surface area is 137 Å². The van der Waals surface area contributed by atoms with Crippen molar-refractivity contribution >= 4 is 27.5 Å². The van der Waals surface area contributed by atoms with Crippen LogP contribution in [0, 0.1) is 12.7 Å². The smallest absolute Gasteiger partial charge is 0.279 e. The molecule has 0 bridgehead atoms. The second-order valence-electron chi connectivity index (χ2n) is 5.13. The first kappa shape index (κ1) is 15.4. The Bertz CT molecular complexity index is 951. The van der Waals surface area contributed by atoms with Crippen LogP contribution in [0.15, 0.2) is 60.1 Å². The van der Waals surface area contributed by atoms with E-state index in [1.54, 1.807) is 6.08 Å². The Balaban J connectivity index is 2.16. The van der Waals surface area contributed by atoms with Crippen molar-refractivity contribution < 1.29 is 9.18 Å². The van der Waals surface area contributed by atoms with Crippen LogP contribution in [0.1, 0.15) is 15.9 Å². The highest BCUT2D eigenvalue weighted by molar-refractivity contribution is 7.16. The van der Waals surface area contributed by atoms with E-state index in [0.717, 1.165) is 15.8 Å². The Morgan fingerprint density at radius 2 is 2.04 bits per heavy atom. The lowest BCUT2D eigenvalue weighted by Gasteiger charge is -2.03. The molecule has 116 valence electrons. The van der Waals surface area contributed by atoms with E-state index in [0.29, 0.717) is 16.9 Å². The summed E-state index contributed by atoms with van der Waals surface area (Å²) in [5, 5.41) is 0. The van der Waals surface area contributed by atoms with Crippen molar-refractivity contribution in [3.8, 4) is 0 Å². The number of rotatable bonds is 3. The maximum Gasteiger partial charge on any atom is 0.279 e. The van der Waals surface area contributed by atoms with Gasteiger partial charge in [0.1, 0.15) is 5.82 Å². The number of halogens is 1. The van der Waals surface area contributed by atoms with Gasteiger partial charge >= 0.3 is 0 Å². The molecule has 3 rings (SSSR count). The number of hydrogen-bond donors (Lipinski definition) is 0. The summed E-state index contributed by atoms with van der Waals surface area (Å²) in [5.74, 6) is -0.757. The minimum Gasteiger partial charge on any atom is -0.312 e. The van der Waals surface area contributed by atoms with Crippen LogP contribution in [-0.4, -0.2) is 10.5 Å². The van der Waals surface area contributed by atoms with E-state index >= 15 is 0 Å². The van der Waals surface area contributed by atoms with E-state index in [1.807, 2.05) is 29.7 Å². The third kappa shape index (κ3) is 3.00. The topological polar surface area (TPSA) is 34.4 Å². The molecule has 0 spiro atoms. The zero-order valence-electron chi connectivity index (χ0n) is 12.6. The second kappa shape index (κ2) is 6.30. The maximum atomic E-state index is 13.0. The molecule has 0 unspecified atom stereocenters. The van der Waals surface area contributed by atoms with E-state index in [4.69, 9.17) is 0 Å². The van der Waals surface area contributed by atoms with Crippen LogP contribution in [0.3, 0.4) is 0 Å². The van der Waals surface area contributed by atoms with Crippen LogP contribution in [0.2, 0.25) is 0 Å².